The van der Waals surface area contributed by atoms with Gasteiger partial charge in [0.05, 0.1) is 7.11 Å². The fourth-order valence-corrected chi connectivity index (χ4v) is 3.52. The summed E-state index contributed by atoms with van der Waals surface area (Å²) in [6.07, 6.45) is 4.92. The van der Waals surface area contributed by atoms with Crippen LogP contribution in [0.3, 0.4) is 0 Å². The van der Waals surface area contributed by atoms with Crippen LogP contribution >= 0.6 is 23.4 Å². The number of rotatable bonds is 5. The Labute approximate surface area is 142 Å². The van der Waals surface area contributed by atoms with Crippen molar-refractivity contribution in [2.75, 3.05) is 13.4 Å². The molecular weight excluding hydrogens is 316 g/mol. The third-order valence-electron chi connectivity index (χ3n) is 3.95. The maximum Gasteiger partial charge on any atom is 0.126 e. The monoisotopic (exact) mass is 340 g/mol. The Hall–Kier alpha value is -0.840. The molecule has 1 aromatic carbocycles. The lowest BCUT2D eigenvalue weighted by Gasteiger charge is -2.29. The maximum absolute atomic E-state index is 6.48. The van der Waals surface area contributed by atoms with Crippen molar-refractivity contribution in [1.29, 1.82) is 0 Å². The molecule has 0 radical (unpaired) electrons. The van der Waals surface area contributed by atoms with Crippen LogP contribution in [-0.2, 0) is 6.42 Å². The van der Waals surface area contributed by atoms with E-state index in [9.17, 15) is 0 Å². The van der Waals surface area contributed by atoms with Crippen LogP contribution in [0.2, 0.25) is 0 Å². The highest BCUT2D eigenvalue weighted by atomic mass is 35.5. The molecule has 0 amide bonds. The number of benzene rings is 1. The summed E-state index contributed by atoms with van der Waals surface area (Å²) in [7, 11) is 1.72. The second kappa shape index (κ2) is 7.62. The van der Waals surface area contributed by atoms with Crippen LogP contribution < -0.4 is 15.4 Å². The number of methoxy groups -OCH3 is 1. The molecule has 2 atom stereocenters. The molecule has 1 aliphatic heterocycles. The molecule has 1 heterocycles. The minimum atomic E-state index is -0.147. The van der Waals surface area contributed by atoms with Gasteiger partial charge in [-0.1, -0.05) is 19.9 Å². The normalized spacial score (nSPS) is 21.5. The number of ether oxygens (including phenoxy) is 1. The number of halogens is 1. The van der Waals surface area contributed by atoms with Gasteiger partial charge in [0.1, 0.15) is 16.7 Å². The summed E-state index contributed by atoms with van der Waals surface area (Å²) in [5, 5.41) is 6.68. The van der Waals surface area contributed by atoms with Crippen LogP contribution in [0.1, 0.15) is 36.5 Å². The van der Waals surface area contributed by atoms with Crippen molar-refractivity contribution < 1.29 is 4.74 Å². The lowest BCUT2D eigenvalue weighted by Crippen LogP contribution is -2.46. The number of hydrogen-bond acceptors (Lipinski definition) is 4. The van der Waals surface area contributed by atoms with Gasteiger partial charge in [-0.2, -0.15) is 0 Å². The van der Waals surface area contributed by atoms with Crippen LogP contribution in [0, 0.1) is 6.92 Å². The van der Waals surface area contributed by atoms with Gasteiger partial charge in [-0.05, 0) is 53.8 Å². The summed E-state index contributed by atoms with van der Waals surface area (Å²) in [5.74, 6) is 1.40. The quantitative estimate of drug-likeness (QED) is 0.628. The standard InChI is InChI=1S/C17H25ClN2OS/c1-10(2)14-6-11(3)15(21-4)8-12(14)7-13-9-19-17(22-5)20-16(13)18/h6,8-10,16-17,19-20H,7H2,1-5H3. The minimum Gasteiger partial charge on any atom is -0.496 e. The first-order chi connectivity index (χ1) is 10.5. The molecule has 0 saturated heterocycles. The Morgan fingerprint density at radius 2 is 2.09 bits per heavy atom. The summed E-state index contributed by atoms with van der Waals surface area (Å²) >= 11 is 8.18. The van der Waals surface area contributed by atoms with Crippen molar-refractivity contribution in [3.05, 3.63) is 40.6 Å². The first-order valence-electron chi connectivity index (χ1n) is 7.51. The van der Waals surface area contributed by atoms with Crippen LogP contribution in [0.15, 0.2) is 23.9 Å². The number of aryl methyl sites for hydroxylation is 1. The van der Waals surface area contributed by atoms with Crippen molar-refractivity contribution in [3.63, 3.8) is 0 Å². The van der Waals surface area contributed by atoms with E-state index in [0.29, 0.717) is 5.92 Å². The topological polar surface area (TPSA) is 33.3 Å². The molecule has 2 N–H and O–H groups in total. The Bertz CT molecular complexity index is 560. The average Bonchev–Trinajstić information content (AvgIpc) is 2.50. The second-order valence-electron chi connectivity index (χ2n) is 5.88. The minimum absolute atomic E-state index is 0.147. The fraction of sp³-hybridized carbons (Fsp3) is 0.529. The lowest BCUT2D eigenvalue weighted by atomic mass is 9.91. The van der Waals surface area contributed by atoms with Crippen LogP contribution in [0.4, 0.5) is 0 Å². The highest BCUT2D eigenvalue weighted by Gasteiger charge is 2.22. The van der Waals surface area contributed by atoms with Crippen LogP contribution in [0.5, 0.6) is 5.75 Å². The number of thioether (sulfide) groups is 1. The largest absolute Gasteiger partial charge is 0.496 e. The molecule has 1 aromatic rings. The first kappa shape index (κ1) is 17.5. The molecule has 0 fully saturated rings. The molecule has 0 spiro atoms. The predicted molar refractivity (Wildman–Crippen MR) is 96.8 cm³/mol. The van der Waals surface area contributed by atoms with Gasteiger partial charge in [-0.15, -0.1) is 23.4 Å². The van der Waals surface area contributed by atoms with Crippen molar-refractivity contribution >= 4 is 23.4 Å². The van der Waals surface area contributed by atoms with Crippen molar-refractivity contribution in [2.24, 2.45) is 0 Å². The molecule has 22 heavy (non-hydrogen) atoms. The lowest BCUT2D eigenvalue weighted by molar-refractivity contribution is 0.411. The molecule has 0 aromatic heterocycles. The van der Waals surface area contributed by atoms with Gasteiger partial charge in [-0.3, -0.25) is 5.32 Å². The average molecular weight is 341 g/mol. The van der Waals surface area contributed by atoms with E-state index in [1.165, 1.54) is 16.7 Å². The molecule has 122 valence electrons. The number of alkyl halides is 1. The molecule has 2 unspecified atom stereocenters. The highest BCUT2D eigenvalue weighted by molar-refractivity contribution is 7.99. The molecule has 0 bridgehead atoms. The van der Waals surface area contributed by atoms with Gasteiger partial charge in [-0.25, -0.2) is 0 Å². The van der Waals surface area contributed by atoms with Crippen LogP contribution in [0.25, 0.3) is 0 Å². The molecule has 0 aliphatic carbocycles. The van der Waals surface area contributed by atoms with Gasteiger partial charge in [0.15, 0.2) is 0 Å². The third-order valence-corrected chi connectivity index (χ3v) is 5.10. The molecular formula is C17H25ClN2OS. The Balaban J connectivity index is 2.30. The summed E-state index contributed by atoms with van der Waals surface area (Å²) < 4.78 is 5.48. The Morgan fingerprint density at radius 1 is 1.36 bits per heavy atom. The maximum atomic E-state index is 6.48. The van der Waals surface area contributed by atoms with E-state index < -0.39 is 0 Å². The van der Waals surface area contributed by atoms with E-state index in [1.807, 2.05) is 6.20 Å². The highest BCUT2D eigenvalue weighted by Crippen LogP contribution is 2.31. The summed E-state index contributed by atoms with van der Waals surface area (Å²) in [4.78, 5) is 0. The Morgan fingerprint density at radius 3 is 2.64 bits per heavy atom. The summed E-state index contributed by atoms with van der Waals surface area (Å²) in [6.45, 7) is 6.53. The van der Waals surface area contributed by atoms with Gasteiger partial charge in [0, 0.05) is 6.20 Å². The molecule has 1 aliphatic rings. The van der Waals surface area contributed by atoms with E-state index >= 15 is 0 Å². The van der Waals surface area contributed by atoms with E-state index in [-0.39, 0.29) is 11.0 Å². The van der Waals surface area contributed by atoms with E-state index in [1.54, 1.807) is 18.9 Å². The van der Waals surface area contributed by atoms with Crippen LogP contribution in [-0.4, -0.2) is 24.4 Å². The van der Waals surface area contributed by atoms with Gasteiger partial charge >= 0.3 is 0 Å². The number of nitrogens with one attached hydrogen (secondary N) is 2. The van der Waals surface area contributed by atoms with Gasteiger partial charge in [0.2, 0.25) is 0 Å². The fourth-order valence-electron chi connectivity index (χ4n) is 2.70. The molecule has 5 heteroatoms. The molecule has 3 nitrogen and oxygen atoms in total. The third kappa shape index (κ3) is 3.92. The first-order valence-corrected chi connectivity index (χ1v) is 9.24. The number of hydrogen-bond donors (Lipinski definition) is 2. The van der Waals surface area contributed by atoms with E-state index in [4.69, 9.17) is 16.3 Å². The molecule has 2 rings (SSSR count). The van der Waals surface area contributed by atoms with Crippen molar-refractivity contribution in [3.8, 4) is 5.75 Å². The smallest absolute Gasteiger partial charge is 0.126 e. The van der Waals surface area contributed by atoms with E-state index in [2.05, 4.69) is 49.8 Å². The zero-order valence-electron chi connectivity index (χ0n) is 13.9. The van der Waals surface area contributed by atoms with Crippen molar-refractivity contribution in [2.45, 2.75) is 44.1 Å². The van der Waals surface area contributed by atoms with Gasteiger partial charge < -0.3 is 10.1 Å². The predicted octanol–water partition coefficient (Wildman–Crippen LogP) is 3.96. The molecule has 0 saturated carbocycles. The summed E-state index contributed by atoms with van der Waals surface area (Å²) in [5.41, 5.74) is 4.98. The summed E-state index contributed by atoms with van der Waals surface area (Å²) in [6, 6.07) is 4.38. The van der Waals surface area contributed by atoms with Gasteiger partial charge in [0.25, 0.3) is 0 Å². The Kier molecular flexibility index (Phi) is 6.07. The second-order valence-corrected chi connectivity index (χ2v) is 7.26. The zero-order valence-corrected chi connectivity index (χ0v) is 15.4. The van der Waals surface area contributed by atoms with Crippen molar-refractivity contribution in [1.82, 2.24) is 10.6 Å². The zero-order chi connectivity index (χ0) is 16.3. The van der Waals surface area contributed by atoms with E-state index in [0.717, 1.165) is 17.7 Å². The SMILES string of the molecule is COc1cc(CC2=CNC(SC)NC2Cl)c(C(C)C)cc1C.